The summed E-state index contributed by atoms with van der Waals surface area (Å²) in [5, 5.41) is 3.36. The van der Waals surface area contributed by atoms with Gasteiger partial charge < -0.3 is 9.88 Å². The number of carbonyl (C=O) groups excluding carboxylic acids is 1. The van der Waals surface area contributed by atoms with Crippen LogP contribution in [-0.2, 0) is 10.0 Å². The van der Waals surface area contributed by atoms with E-state index in [2.05, 4.69) is 5.32 Å². The highest BCUT2D eigenvalue weighted by molar-refractivity contribution is 7.89. The maximum Gasteiger partial charge on any atom is 0.255 e. The van der Waals surface area contributed by atoms with Gasteiger partial charge in [0, 0.05) is 37.1 Å². The van der Waals surface area contributed by atoms with Crippen molar-refractivity contribution in [3.05, 3.63) is 77.6 Å². The van der Waals surface area contributed by atoms with Crippen LogP contribution in [0.1, 0.15) is 10.4 Å². The van der Waals surface area contributed by atoms with Crippen molar-refractivity contribution in [2.75, 3.05) is 19.4 Å². The van der Waals surface area contributed by atoms with Crippen LogP contribution < -0.4 is 5.32 Å². The molecule has 0 aliphatic rings. The van der Waals surface area contributed by atoms with Crippen LogP contribution in [0.15, 0.2) is 71.9 Å². The molecule has 0 radical (unpaired) electrons. The number of rotatable bonds is 5. The average molecular weight is 404 g/mol. The zero-order valence-electron chi connectivity index (χ0n) is 14.8. The predicted octanol–water partition coefficient (Wildman–Crippen LogP) is 3.63. The van der Waals surface area contributed by atoms with E-state index in [9.17, 15) is 13.2 Å². The minimum absolute atomic E-state index is 0.0573. The smallest absolute Gasteiger partial charge is 0.255 e. The Labute approximate surface area is 163 Å². The van der Waals surface area contributed by atoms with Gasteiger partial charge in [-0.2, -0.15) is 0 Å². The van der Waals surface area contributed by atoms with Crippen LogP contribution in [-0.4, -0.2) is 37.3 Å². The number of anilines is 1. The Kier molecular flexibility index (Phi) is 5.36. The van der Waals surface area contributed by atoms with Gasteiger partial charge in [-0.25, -0.2) is 12.7 Å². The van der Waals surface area contributed by atoms with Crippen LogP contribution in [0, 0.1) is 0 Å². The minimum atomic E-state index is -3.62. The maximum atomic E-state index is 12.7. The van der Waals surface area contributed by atoms with E-state index in [1.165, 1.54) is 26.2 Å². The molecule has 0 spiro atoms. The first-order valence-electron chi connectivity index (χ1n) is 8.06. The van der Waals surface area contributed by atoms with Gasteiger partial charge in [0.1, 0.15) is 0 Å². The lowest BCUT2D eigenvalue weighted by Crippen LogP contribution is -2.23. The number of hydrogen-bond donors (Lipinski definition) is 1. The molecule has 1 aromatic heterocycles. The third-order valence-electron chi connectivity index (χ3n) is 3.97. The molecular weight excluding hydrogens is 386 g/mol. The van der Waals surface area contributed by atoms with Crippen molar-refractivity contribution < 1.29 is 13.2 Å². The Hall–Kier alpha value is -2.61. The molecule has 0 atom stereocenters. The van der Waals surface area contributed by atoms with Crippen LogP contribution in [0.4, 0.5) is 5.69 Å². The van der Waals surface area contributed by atoms with Crippen LogP contribution in [0.5, 0.6) is 0 Å². The third-order valence-corrected chi connectivity index (χ3v) is 6.01. The first-order valence-corrected chi connectivity index (χ1v) is 9.87. The van der Waals surface area contributed by atoms with Crippen molar-refractivity contribution in [1.82, 2.24) is 8.87 Å². The summed E-state index contributed by atoms with van der Waals surface area (Å²) in [6.45, 7) is 0. The highest BCUT2D eigenvalue weighted by Gasteiger charge is 2.19. The van der Waals surface area contributed by atoms with Crippen LogP contribution in [0.3, 0.4) is 0 Å². The normalized spacial score (nSPS) is 11.6. The molecule has 0 saturated carbocycles. The fourth-order valence-electron chi connectivity index (χ4n) is 2.52. The van der Waals surface area contributed by atoms with Crippen molar-refractivity contribution in [3.63, 3.8) is 0 Å². The molecule has 1 amide bonds. The van der Waals surface area contributed by atoms with E-state index in [1.807, 2.05) is 29.1 Å². The summed E-state index contributed by atoms with van der Waals surface area (Å²) in [7, 11) is -0.736. The molecule has 1 heterocycles. The molecule has 0 unspecified atom stereocenters. The lowest BCUT2D eigenvalue weighted by atomic mass is 10.2. The molecule has 3 rings (SSSR count). The first kappa shape index (κ1) is 19.2. The molecule has 0 aliphatic heterocycles. The Balaban J connectivity index is 1.94. The van der Waals surface area contributed by atoms with Crippen molar-refractivity contribution in [2.24, 2.45) is 0 Å². The Morgan fingerprint density at radius 3 is 2.41 bits per heavy atom. The van der Waals surface area contributed by atoms with Gasteiger partial charge in [0.05, 0.1) is 16.3 Å². The number of hydrogen-bond acceptors (Lipinski definition) is 3. The van der Waals surface area contributed by atoms with E-state index in [1.54, 1.807) is 30.3 Å². The number of carbonyl (C=O) groups is 1. The van der Waals surface area contributed by atoms with Crippen LogP contribution in [0.2, 0.25) is 5.02 Å². The van der Waals surface area contributed by atoms with Gasteiger partial charge in [0.15, 0.2) is 0 Å². The number of aromatic nitrogens is 1. The number of benzene rings is 2. The molecule has 0 fully saturated rings. The van der Waals surface area contributed by atoms with E-state index in [0.717, 1.165) is 4.31 Å². The Bertz CT molecular complexity index is 1080. The summed E-state index contributed by atoms with van der Waals surface area (Å²) in [4.78, 5) is 12.8. The largest absolute Gasteiger partial charge is 0.322 e. The van der Waals surface area contributed by atoms with Gasteiger partial charge in [-0.15, -0.1) is 0 Å². The van der Waals surface area contributed by atoms with Gasteiger partial charge in [-0.05, 0) is 48.5 Å². The molecule has 1 N–H and O–H groups in total. The lowest BCUT2D eigenvalue weighted by Gasteiger charge is -2.14. The average Bonchev–Trinajstić information content (AvgIpc) is 3.17. The highest BCUT2D eigenvalue weighted by atomic mass is 35.5. The second kappa shape index (κ2) is 7.56. The van der Waals surface area contributed by atoms with E-state index in [-0.39, 0.29) is 10.5 Å². The van der Waals surface area contributed by atoms with Gasteiger partial charge in [0.25, 0.3) is 5.91 Å². The second-order valence-corrected chi connectivity index (χ2v) is 8.61. The molecule has 8 heteroatoms. The van der Waals surface area contributed by atoms with E-state index >= 15 is 0 Å². The van der Waals surface area contributed by atoms with Gasteiger partial charge in [0.2, 0.25) is 10.0 Å². The zero-order valence-corrected chi connectivity index (χ0v) is 16.3. The van der Waals surface area contributed by atoms with Gasteiger partial charge in [-0.3, -0.25) is 4.79 Å². The molecule has 0 saturated heterocycles. The summed E-state index contributed by atoms with van der Waals surface area (Å²) < 4.78 is 27.5. The van der Waals surface area contributed by atoms with Gasteiger partial charge in [-0.1, -0.05) is 17.7 Å². The lowest BCUT2D eigenvalue weighted by molar-refractivity contribution is 0.102. The second-order valence-electron chi connectivity index (χ2n) is 6.02. The SMILES string of the molecule is CN(C)S(=O)(=O)c1cccc(C(=O)Nc2ccc(Cl)cc2-n2cccc2)c1. The van der Waals surface area contributed by atoms with Crippen molar-refractivity contribution in [2.45, 2.75) is 4.90 Å². The summed E-state index contributed by atoms with van der Waals surface area (Å²) in [5.41, 5.74) is 1.51. The van der Waals surface area contributed by atoms with E-state index in [4.69, 9.17) is 11.6 Å². The first-order chi connectivity index (χ1) is 12.8. The molecular formula is C19H18ClN3O3S. The monoisotopic (exact) mass is 403 g/mol. The Morgan fingerprint density at radius 1 is 1.04 bits per heavy atom. The quantitative estimate of drug-likeness (QED) is 0.707. The summed E-state index contributed by atoms with van der Waals surface area (Å²) in [6, 6.07) is 14.8. The standard InChI is InChI=1S/C19H18ClN3O3S/c1-22(2)27(25,26)16-7-5-6-14(12-16)19(24)21-17-9-8-15(20)13-18(17)23-10-3-4-11-23/h3-13H,1-2H3,(H,21,24). The third kappa shape index (κ3) is 4.05. The molecule has 140 valence electrons. The molecule has 0 aliphatic carbocycles. The van der Waals surface area contributed by atoms with Gasteiger partial charge >= 0.3 is 0 Å². The van der Waals surface area contributed by atoms with Crippen LogP contribution >= 0.6 is 11.6 Å². The van der Waals surface area contributed by atoms with Crippen molar-refractivity contribution in [1.29, 1.82) is 0 Å². The molecule has 3 aromatic rings. The fourth-order valence-corrected chi connectivity index (χ4v) is 3.64. The Morgan fingerprint density at radius 2 is 1.74 bits per heavy atom. The molecule has 27 heavy (non-hydrogen) atoms. The number of sulfonamides is 1. The molecule has 6 nitrogen and oxygen atoms in total. The van der Waals surface area contributed by atoms with Crippen LogP contribution in [0.25, 0.3) is 5.69 Å². The summed E-state index contributed by atoms with van der Waals surface area (Å²) in [5.74, 6) is -0.415. The number of nitrogens with zero attached hydrogens (tertiary/aromatic N) is 2. The highest BCUT2D eigenvalue weighted by Crippen LogP contribution is 2.25. The van der Waals surface area contributed by atoms with Crippen molar-refractivity contribution >= 4 is 33.2 Å². The molecule has 0 bridgehead atoms. The zero-order chi connectivity index (χ0) is 19.6. The topological polar surface area (TPSA) is 71.4 Å². The fraction of sp³-hybridized carbons (Fsp3) is 0.105. The number of amides is 1. The maximum absolute atomic E-state index is 12.7. The van der Waals surface area contributed by atoms with E-state index < -0.39 is 15.9 Å². The van der Waals surface area contributed by atoms with E-state index in [0.29, 0.717) is 16.4 Å². The summed E-state index contributed by atoms with van der Waals surface area (Å²) >= 11 is 6.09. The number of nitrogens with one attached hydrogen (secondary N) is 1. The summed E-state index contributed by atoms with van der Waals surface area (Å²) in [6.07, 6.45) is 3.68. The number of halogens is 1. The predicted molar refractivity (Wildman–Crippen MR) is 106 cm³/mol. The molecule has 2 aromatic carbocycles. The van der Waals surface area contributed by atoms with Crippen molar-refractivity contribution in [3.8, 4) is 5.69 Å². The minimum Gasteiger partial charge on any atom is -0.322 e.